The number of rotatable bonds is 7. The average molecular weight is 533 g/mol. The molecular formula is C28H25FN4O4S. The molecule has 2 heterocycles. The number of amidine groups is 1. The molecule has 2 aliphatic rings. The lowest BCUT2D eigenvalue weighted by Crippen LogP contribution is -2.25. The lowest BCUT2D eigenvalue weighted by atomic mass is 9.98. The fourth-order valence-corrected chi connectivity index (χ4v) is 5.35. The largest absolute Gasteiger partial charge is 0.497 e. The number of carbonyl (C=O) groups excluding carboxylic acids is 2. The Morgan fingerprint density at radius 2 is 1.68 bits per heavy atom. The van der Waals surface area contributed by atoms with Crippen LogP contribution in [0.25, 0.3) is 0 Å². The van der Waals surface area contributed by atoms with Crippen molar-refractivity contribution in [1.82, 2.24) is 5.01 Å². The van der Waals surface area contributed by atoms with Gasteiger partial charge in [-0.3, -0.25) is 9.59 Å². The molecule has 0 saturated carbocycles. The van der Waals surface area contributed by atoms with E-state index < -0.39 is 17.2 Å². The molecule has 3 aromatic rings. The van der Waals surface area contributed by atoms with Crippen LogP contribution in [0.5, 0.6) is 11.5 Å². The lowest BCUT2D eigenvalue weighted by Gasteiger charge is -2.23. The van der Waals surface area contributed by atoms with Crippen LogP contribution in [-0.4, -0.2) is 47.2 Å². The van der Waals surface area contributed by atoms with Crippen LogP contribution in [0.2, 0.25) is 0 Å². The number of methoxy groups -OCH3 is 2. The van der Waals surface area contributed by atoms with Crippen molar-refractivity contribution in [1.29, 1.82) is 0 Å². The fraction of sp³-hybridized carbons (Fsp3) is 0.214. The van der Waals surface area contributed by atoms with Crippen molar-refractivity contribution in [3.05, 3.63) is 89.7 Å². The molecular weight excluding hydrogens is 507 g/mol. The van der Waals surface area contributed by atoms with Crippen LogP contribution in [-0.2, 0) is 9.59 Å². The van der Waals surface area contributed by atoms with Gasteiger partial charge in [0.05, 0.1) is 26.0 Å². The Morgan fingerprint density at radius 3 is 2.34 bits per heavy atom. The van der Waals surface area contributed by atoms with Gasteiger partial charge in [0.15, 0.2) is 5.17 Å². The normalized spacial score (nSPS) is 18.7. The molecule has 0 saturated heterocycles. The van der Waals surface area contributed by atoms with E-state index in [1.165, 1.54) is 6.07 Å². The Labute approximate surface area is 223 Å². The van der Waals surface area contributed by atoms with Crippen molar-refractivity contribution in [3.8, 4) is 11.5 Å². The van der Waals surface area contributed by atoms with E-state index in [0.717, 1.165) is 23.0 Å². The number of thioether (sulfide) groups is 1. The quantitative estimate of drug-likeness (QED) is 0.459. The van der Waals surface area contributed by atoms with Gasteiger partial charge in [-0.25, -0.2) is 9.40 Å². The highest BCUT2D eigenvalue weighted by molar-refractivity contribution is 8.15. The maximum absolute atomic E-state index is 14.8. The second-order valence-corrected chi connectivity index (χ2v) is 9.85. The third-order valence-corrected chi connectivity index (χ3v) is 7.41. The number of hydrogen-bond acceptors (Lipinski definition) is 7. The van der Waals surface area contributed by atoms with Crippen molar-refractivity contribution in [3.63, 3.8) is 0 Å². The van der Waals surface area contributed by atoms with Gasteiger partial charge in [-0.05, 0) is 60.2 Å². The number of anilines is 1. The molecule has 0 radical (unpaired) electrons. The van der Waals surface area contributed by atoms with E-state index in [4.69, 9.17) is 14.6 Å². The summed E-state index contributed by atoms with van der Waals surface area (Å²) in [5.74, 6) is 0.292. The van der Waals surface area contributed by atoms with Gasteiger partial charge in [0.2, 0.25) is 5.91 Å². The molecule has 0 bridgehead atoms. The third-order valence-electron chi connectivity index (χ3n) is 6.27. The van der Waals surface area contributed by atoms with E-state index in [1.807, 2.05) is 24.3 Å². The first kappa shape index (κ1) is 25.5. The highest BCUT2D eigenvalue weighted by Crippen LogP contribution is 2.39. The van der Waals surface area contributed by atoms with E-state index in [9.17, 15) is 14.0 Å². The second kappa shape index (κ2) is 11.1. The van der Waals surface area contributed by atoms with Crippen LogP contribution in [0.4, 0.5) is 10.1 Å². The summed E-state index contributed by atoms with van der Waals surface area (Å²) in [6.07, 6.45) is 0.361. The highest BCUT2D eigenvalue weighted by Gasteiger charge is 2.39. The summed E-state index contributed by atoms with van der Waals surface area (Å²) < 4.78 is 25.2. The summed E-state index contributed by atoms with van der Waals surface area (Å²) in [4.78, 5) is 29.6. The second-order valence-electron chi connectivity index (χ2n) is 8.68. The van der Waals surface area contributed by atoms with Crippen LogP contribution in [0.1, 0.15) is 30.0 Å². The number of nitrogens with zero attached hydrogens (tertiary/aromatic N) is 3. The summed E-state index contributed by atoms with van der Waals surface area (Å²) >= 11 is 1.16. The zero-order chi connectivity index (χ0) is 26.6. The molecule has 5 rings (SSSR count). The maximum Gasteiger partial charge on any atom is 0.262 e. The lowest BCUT2D eigenvalue weighted by molar-refractivity contribution is -0.121. The minimum Gasteiger partial charge on any atom is -0.497 e. The highest BCUT2D eigenvalue weighted by atomic mass is 32.2. The third kappa shape index (κ3) is 5.40. The fourth-order valence-electron chi connectivity index (χ4n) is 4.29. The first-order chi connectivity index (χ1) is 18.4. The number of aliphatic imine (C=N–C) groups is 1. The number of halogens is 1. The number of hydrazone groups is 1. The first-order valence-electron chi connectivity index (χ1n) is 11.9. The van der Waals surface area contributed by atoms with Gasteiger partial charge in [0.1, 0.15) is 22.6 Å². The van der Waals surface area contributed by atoms with Crippen molar-refractivity contribution in [2.75, 3.05) is 19.5 Å². The summed E-state index contributed by atoms with van der Waals surface area (Å²) in [5, 5.41) is 8.78. The van der Waals surface area contributed by atoms with Gasteiger partial charge in [0.25, 0.3) is 5.91 Å². The number of hydrogen-bond donors (Lipinski definition) is 1. The summed E-state index contributed by atoms with van der Waals surface area (Å²) in [6.45, 7) is 0. The van der Waals surface area contributed by atoms with E-state index in [0.29, 0.717) is 34.3 Å². The first-order valence-corrected chi connectivity index (χ1v) is 12.8. The number of ether oxygens (including phenoxy) is 2. The van der Waals surface area contributed by atoms with Gasteiger partial charge in [-0.1, -0.05) is 30.0 Å². The molecule has 0 fully saturated rings. The van der Waals surface area contributed by atoms with E-state index >= 15 is 0 Å². The van der Waals surface area contributed by atoms with Crippen LogP contribution >= 0.6 is 11.8 Å². The zero-order valence-corrected chi connectivity index (χ0v) is 21.6. The molecule has 1 N–H and O–H groups in total. The Kier molecular flexibility index (Phi) is 7.41. The predicted molar refractivity (Wildman–Crippen MR) is 145 cm³/mol. The van der Waals surface area contributed by atoms with Crippen LogP contribution in [0, 0.1) is 5.82 Å². The average Bonchev–Trinajstić information content (AvgIpc) is 3.53. The van der Waals surface area contributed by atoms with Gasteiger partial charge in [-0.2, -0.15) is 10.1 Å². The number of nitrogens with one attached hydrogen (secondary N) is 1. The zero-order valence-electron chi connectivity index (χ0n) is 20.8. The minimum atomic E-state index is -0.704. The molecule has 0 aliphatic carbocycles. The smallest absolute Gasteiger partial charge is 0.262 e. The van der Waals surface area contributed by atoms with Crippen molar-refractivity contribution >= 4 is 40.1 Å². The summed E-state index contributed by atoms with van der Waals surface area (Å²) in [7, 11) is 3.16. The predicted octanol–water partition coefficient (Wildman–Crippen LogP) is 5.02. The molecule has 8 nitrogen and oxygen atoms in total. The Hall–Kier alpha value is -4.18. The number of amides is 2. The summed E-state index contributed by atoms with van der Waals surface area (Å²) in [5.41, 5.74) is 2.65. The van der Waals surface area contributed by atoms with Gasteiger partial charge in [0, 0.05) is 24.1 Å². The van der Waals surface area contributed by atoms with Crippen molar-refractivity contribution < 1.29 is 23.5 Å². The Morgan fingerprint density at radius 1 is 1.03 bits per heavy atom. The molecule has 2 aliphatic heterocycles. The maximum atomic E-state index is 14.8. The van der Waals surface area contributed by atoms with Crippen molar-refractivity contribution in [2.45, 2.75) is 24.1 Å². The van der Waals surface area contributed by atoms with E-state index in [1.54, 1.807) is 61.7 Å². The molecule has 38 heavy (non-hydrogen) atoms. The molecule has 0 unspecified atom stereocenters. The van der Waals surface area contributed by atoms with Gasteiger partial charge in [-0.15, -0.1) is 0 Å². The molecule has 0 spiro atoms. The standard InChI is InChI=1S/C28H25FN4O4S/c1-36-19-11-7-17(8-12-19)23-15-24(21-5-3-4-6-22(21)29)33(32-23)28-31-27(35)25(38-28)16-26(34)30-18-9-13-20(37-2)14-10-18/h3-14,24-25H,15-16H2,1-2H3,(H,30,34)/t24-,25+/m0/s1. The Balaban J connectivity index is 1.34. The topological polar surface area (TPSA) is 92.6 Å². The summed E-state index contributed by atoms with van der Waals surface area (Å²) in [6, 6.07) is 20.4. The SMILES string of the molecule is COc1ccc(NC(=O)C[C@H]2SC(N3N=C(c4ccc(OC)cc4)C[C@H]3c3ccccc3F)=NC2=O)cc1. The molecule has 0 aromatic heterocycles. The molecule has 3 aromatic carbocycles. The number of benzene rings is 3. The van der Waals surface area contributed by atoms with Crippen LogP contribution < -0.4 is 14.8 Å². The van der Waals surface area contributed by atoms with Crippen LogP contribution in [0.3, 0.4) is 0 Å². The van der Waals surface area contributed by atoms with Crippen LogP contribution in [0.15, 0.2) is 82.9 Å². The minimum absolute atomic E-state index is 0.0597. The molecule has 2 atom stereocenters. The van der Waals surface area contributed by atoms with E-state index in [-0.39, 0.29) is 18.1 Å². The molecule has 10 heteroatoms. The van der Waals surface area contributed by atoms with Crippen molar-refractivity contribution in [2.24, 2.45) is 10.1 Å². The molecule has 194 valence electrons. The van der Waals surface area contributed by atoms with Gasteiger partial charge >= 0.3 is 0 Å². The van der Waals surface area contributed by atoms with Gasteiger partial charge < -0.3 is 14.8 Å². The Bertz CT molecular complexity index is 1410. The van der Waals surface area contributed by atoms with E-state index in [2.05, 4.69) is 10.3 Å². The molecule has 2 amide bonds. The monoisotopic (exact) mass is 532 g/mol. The number of carbonyl (C=O) groups is 2.